The summed E-state index contributed by atoms with van der Waals surface area (Å²) in [5, 5.41) is 0. The molecule has 1 aromatic carbocycles. The first-order chi connectivity index (χ1) is 9.03. The van der Waals surface area contributed by atoms with Crippen LogP contribution >= 0.6 is 0 Å². The summed E-state index contributed by atoms with van der Waals surface area (Å²) >= 11 is 0. The Labute approximate surface area is 111 Å². The summed E-state index contributed by atoms with van der Waals surface area (Å²) in [5.41, 5.74) is 6.77. The number of hydrogen-bond acceptors (Lipinski definition) is 5. The molecular weight excluding hydrogens is 268 g/mol. The van der Waals surface area contributed by atoms with Crippen molar-refractivity contribution in [2.45, 2.75) is 11.4 Å². The van der Waals surface area contributed by atoms with Crippen LogP contribution in [-0.2, 0) is 16.6 Å². The summed E-state index contributed by atoms with van der Waals surface area (Å²) in [6.07, 6.45) is 2.96. The van der Waals surface area contributed by atoms with E-state index < -0.39 is 10.0 Å². The van der Waals surface area contributed by atoms with Gasteiger partial charge in [-0.3, -0.25) is 0 Å². The minimum atomic E-state index is -3.61. The molecule has 0 radical (unpaired) electrons. The molecule has 1 heterocycles. The van der Waals surface area contributed by atoms with Crippen molar-refractivity contribution >= 4 is 15.7 Å². The summed E-state index contributed by atoms with van der Waals surface area (Å²) in [6.45, 7) is 0.158. The van der Waals surface area contributed by atoms with Gasteiger partial charge in [0.15, 0.2) is 0 Å². The number of methoxy groups -OCH3 is 1. The first-order valence-electron chi connectivity index (χ1n) is 5.47. The molecule has 0 spiro atoms. The summed E-state index contributed by atoms with van der Waals surface area (Å²) in [7, 11) is -2.18. The van der Waals surface area contributed by atoms with Crippen LogP contribution in [0.5, 0.6) is 5.75 Å². The van der Waals surface area contributed by atoms with Gasteiger partial charge in [0.25, 0.3) is 0 Å². The quantitative estimate of drug-likeness (QED) is 0.807. The van der Waals surface area contributed by atoms with Crippen LogP contribution in [0.2, 0.25) is 0 Å². The molecule has 0 bridgehead atoms. The summed E-state index contributed by atoms with van der Waals surface area (Å²) < 4.78 is 36.5. The van der Waals surface area contributed by atoms with E-state index in [-0.39, 0.29) is 11.4 Å². The highest BCUT2D eigenvalue weighted by atomic mass is 32.2. The maximum Gasteiger partial charge on any atom is 0.241 e. The number of anilines is 1. The summed E-state index contributed by atoms with van der Waals surface area (Å²) in [6, 6.07) is 5.99. The fraction of sp³-hybridized carbons (Fsp3) is 0.167. The average molecular weight is 282 g/mol. The van der Waals surface area contributed by atoms with Crippen molar-refractivity contribution in [3.63, 3.8) is 0 Å². The molecule has 6 nitrogen and oxygen atoms in total. The lowest BCUT2D eigenvalue weighted by Gasteiger charge is -2.09. The molecule has 0 aliphatic carbocycles. The zero-order valence-corrected chi connectivity index (χ0v) is 11.1. The van der Waals surface area contributed by atoms with E-state index in [0.717, 1.165) is 5.56 Å². The number of benzene rings is 1. The molecule has 0 aliphatic rings. The van der Waals surface area contributed by atoms with Gasteiger partial charge in [-0.2, -0.15) is 0 Å². The van der Waals surface area contributed by atoms with E-state index >= 15 is 0 Å². The van der Waals surface area contributed by atoms with Gasteiger partial charge >= 0.3 is 0 Å². The average Bonchev–Trinajstić information content (AvgIpc) is 2.90. The van der Waals surface area contributed by atoms with Crippen molar-refractivity contribution < 1.29 is 17.6 Å². The number of ether oxygens (including phenoxy) is 1. The Balaban J connectivity index is 2.19. The first kappa shape index (κ1) is 13.4. The van der Waals surface area contributed by atoms with E-state index in [0.29, 0.717) is 11.4 Å². The van der Waals surface area contributed by atoms with Gasteiger partial charge in [-0.1, -0.05) is 0 Å². The Morgan fingerprint density at radius 3 is 2.79 bits per heavy atom. The molecule has 2 rings (SSSR count). The minimum Gasteiger partial charge on any atom is -0.495 e. The van der Waals surface area contributed by atoms with E-state index in [1.807, 2.05) is 0 Å². The number of nitrogens with two attached hydrogens (primary N) is 1. The monoisotopic (exact) mass is 282 g/mol. The maximum atomic E-state index is 12.1. The predicted molar refractivity (Wildman–Crippen MR) is 70.1 cm³/mol. The van der Waals surface area contributed by atoms with Gasteiger partial charge < -0.3 is 14.9 Å². The number of rotatable bonds is 5. The van der Waals surface area contributed by atoms with Crippen molar-refractivity contribution in [2.24, 2.45) is 0 Å². The molecule has 0 unspecified atom stereocenters. The lowest BCUT2D eigenvalue weighted by atomic mass is 10.3. The smallest absolute Gasteiger partial charge is 0.241 e. The van der Waals surface area contributed by atoms with E-state index in [2.05, 4.69) is 4.72 Å². The molecule has 102 valence electrons. The lowest BCUT2D eigenvalue weighted by Crippen LogP contribution is -2.23. The highest BCUT2D eigenvalue weighted by molar-refractivity contribution is 7.89. The third kappa shape index (κ3) is 3.07. The SMILES string of the molecule is COc1cc(S(=O)(=O)NCc2ccoc2)ccc1N. The third-order valence-electron chi connectivity index (χ3n) is 2.56. The van der Waals surface area contributed by atoms with Gasteiger partial charge in [-0.05, 0) is 18.2 Å². The van der Waals surface area contributed by atoms with Gasteiger partial charge in [0.2, 0.25) is 10.0 Å². The van der Waals surface area contributed by atoms with Gasteiger partial charge in [0, 0.05) is 18.2 Å². The molecule has 0 amide bonds. The lowest BCUT2D eigenvalue weighted by molar-refractivity contribution is 0.415. The van der Waals surface area contributed by atoms with Crippen LogP contribution in [0.25, 0.3) is 0 Å². The number of sulfonamides is 1. The van der Waals surface area contributed by atoms with Crippen molar-refractivity contribution in [3.8, 4) is 5.75 Å². The van der Waals surface area contributed by atoms with Crippen molar-refractivity contribution in [3.05, 3.63) is 42.4 Å². The molecule has 0 aliphatic heterocycles. The largest absolute Gasteiger partial charge is 0.495 e. The third-order valence-corrected chi connectivity index (χ3v) is 3.96. The Kier molecular flexibility index (Phi) is 3.77. The predicted octanol–water partition coefficient (Wildman–Crippen LogP) is 1.35. The van der Waals surface area contributed by atoms with E-state index in [4.69, 9.17) is 14.9 Å². The van der Waals surface area contributed by atoms with Crippen LogP contribution in [0.1, 0.15) is 5.56 Å². The van der Waals surface area contributed by atoms with E-state index in [1.165, 1.54) is 37.8 Å². The van der Waals surface area contributed by atoms with Crippen LogP contribution in [0, 0.1) is 0 Å². The number of nitrogen functional groups attached to an aromatic ring is 1. The molecule has 2 aromatic rings. The first-order valence-corrected chi connectivity index (χ1v) is 6.95. The molecule has 0 atom stereocenters. The van der Waals surface area contributed by atoms with Crippen molar-refractivity contribution in [2.75, 3.05) is 12.8 Å². The zero-order valence-electron chi connectivity index (χ0n) is 10.3. The Bertz CT molecular complexity index is 650. The van der Waals surface area contributed by atoms with Crippen LogP contribution in [0.4, 0.5) is 5.69 Å². The van der Waals surface area contributed by atoms with Crippen LogP contribution in [0.15, 0.2) is 46.1 Å². The van der Waals surface area contributed by atoms with Crippen LogP contribution < -0.4 is 15.2 Å². The number of nitrogens with one attached hydrogen (secondary N) is 1. The molecule has 0 saturated carbocycles. The Morgan fingerprint density at radius 2 is 2.16 bits per heavy atom. The molecule has 1 aromatic heterocycles. The maximum absolute atomic E-state index is 12.1. The molecule has 3 N–H and O–H groups in total. The summed E-state index contributed by atoms with van der Waals surface area (Å²) in [4.78, 5) is 0.0991. The number of furan rings is 1. The molecular formula is C12H14N2O4S. The van der Waals surface area contributed by atoms with Crippen molar-refractivity contribution in [1.29, 1.82) is 0 Å². The highest BCUT2D eigenvalue weighted by Crippen LogP contribution is 2.24. The zero-order chi connectivity index (χ0) is 13.9. The van der Waals surface area contributed by atoms with Gasteiger partial charge in [-0.15, -0.1) is 0 Å². The second-order valence-electron chi connectivity index (χ2n) is 3.86. The highest BCUT2D eigenvalue weighted by Gasteiger charge is 2.15. The van der Waals surface area contributed by atoms with Gasteiger partial charge in [0.1, 0.15) is 5.75 Å². The molecule has 7 heteroatoms. The van der Waals surface area contributed by atoms with Crippen molar-refractivity contribution in [1.82, 2.24) is 4.72 Å². The Hall–Kier alpha value is -1.99. The molecule has 0 saturated heterocycles. The normalized spacial score (nSPS) is 11.4. The fourth-order valence-electron chi connectivity index (χ4n) is 1.51. The second-order valence-corrected chi connectivity index (χ2v) is 5.63. The van der Waals surface area contributed by atoms with Crippen LogP contribution in [-0.4, -0.2) is 15.5 Å². The second kappa shape index (κ2) is 5.33. The summed E-state index contributed by atoms with van der Waals surface area (Å²) in [5.74, 6) is 0.325. The number of hydrogen-bond donors (Lipinski definition) is 2. The Morgan fingerprint density at radius 1 is 1.37 bits per heavy atom. The van der Waals surface area contributed by atoms with E-state index in [1.54, 1.807) is 6.07 Å². The topological polar surface area (TPSA) is 94.6 Å². The van der Waals surface area contributed by atoms with Gasteiger partial charge in [-0.25, -0.2) is 13.1 Å². The minimum absolute atomic E-state index is 0.0991. The van der Waals surface area contributed by atoms with E-state index in [9.17, 15) is 8.42 Å². The standard InChI is InChI=1S/C12H14N2O4S/c1-17-12-6-10(2-3-11(12)13)19(15,16)14-7-9-4-5-18-8-9/h2-6,8,14H,7,13H2,1H3. The van der Waals surface area contributed by atoms with Crippen LogP contribution in [0.3, 0.4) is 0 Å². The molecule has 19 heavy (non-hydrogen) atoms. The molecule has 0 fully saturated rings. The van der Waals surface area contributed by atoms with Gasteiger partial charge in [0.05, 0.1) is 30.2 Å². The fourth-order valence-corrected chi connectivity index (χ4v) is 2.55.